The fourth-order valence-corrected chi connectivity index (χ4v) is 4.26. The summed E-state index contributed by atoms with van der Waals surface area (Å²) in [5, 5.41) is 0. The minimum absolute atomic E-state index is 0.0187. The lowest BCUT2D eigenvalue weighted by Gasteiger charge is -2.35. The Labute approximate surface area is 176 Å². The maximum Gasteiger partial charge on any atom is 0.253 e. The number of thioether (sulfide) groups is 1. The highest BCUT2D eigenvalue weighted by Crippen LogP contribution is 2.13. The van der Waals surface area contributed by atoms with E-state index in [0.29, 0.717) is 69.6 Å². The monoisotopic (exact) mass is 419 g/mol. The summed E-state index contributed by atoms with van der Waals surface area (Å²) in [6.07, 6.45) is 0.950. The number of nitrogens with zero attached hydrogens (tertiary/aromatic N) is 3. The SMILES string of the molecule is CCc1ccc(C(=O)N2CCN(C(=O)CSCC(=O)N3CCOCC3)CC2)cc1. The summed E-state index contributed by atoms with van der Waals surface area (Å²) in [5.74, 6) is 0.727. The molecule has 2 heterocycles. The zero-order chi connectivity index (χ0) is 20.6. The van der Waals surface area contributed by atoms with Gasteiger partial charge in [0.1, 0.15) is 0 Å². The van der Waals surface area contributed by atoms with Crippen LogP contribution in [0.15, 0.2) is 24.3 Å². The zero-order valence-electron chi connectivity index (χ0n) is 17.0. The van der Waals surface area contributed by atoms with Crippen LogP contribution >= 0.6 is 11.8 Å². The molecule has 0 unspecified atom stereocenters. The Balaban J connectivity index is 1.38. The van der Waals surface area contributed by atoms with Gasteiger partial charge in [-0.3, -0.25) is 14.4 Å². The van der Waals surface area contributed by atoms with Gasteiger partial charge in [0.25, 0.3) is 5.91 Å². The third-order valence-corrected chi connectivity index (χ3v) is 6.25. The van der Waals surface area contributed by atoms with Gasteiger partial charge in [-0.15, -0.1) is 11.8 Å². The van der Waals surface area contributed by atoms with Crippen LogP contribution in [0.2, 0.25) is 0 Å². The molecule has 2 aliphatic rings. The molecule has 1 aromatic carbocycles. The summed E-state index contributed by atoms with van der Waals surface area (Å²) < 4.78 is 5.25. The van der Waals surface area contributed by atoms with Crippen molar-refractivity contribution in [3.8, 4) is 0 Å². The van der Waals surface area contributed by atoms with E-state index < -0.39 is 0 Å². The average molecular weight is 420 g/mol. The van der Waals surface area contributed by atoms with E-state index >= 15 is 0 Å². The number of aryl methyl sites for hydroxylation is 1. The number of amides is 3. The van der Waals surface area contributed by atoms with Gasteiger partial charge < -0.3 is 19.4 Å². The number of piperazine rings is 1. The number of carbonyl (C=O) groups is 3. The van der Waals surface area contributed by atoms with Crippen molar-refractivity contribution in [3.05, 3.63) is 35.4 Å². The Morgan fingerprint density at radius 3 is 1.90 bits per heavy atom. The maximum absolute atomic E-state index is 12.6. The van der Waals surface area contributed by atoms with Crippen LogP contribution in [0.5, 0.6) is 0 Å². The van der Waals surface area contributed by atoms with Crippen molar-refractivity contribution in [3.63, 3.8) is 0 Å². The van der Waals surface area contributed by atoms with Gasteiger partial charge in [-0.1, -0.05) is 19.1 Å². The first-order valence-electron chi connectivity index (χ1n) is 10.2. The van der Waals surface area contributed by atoms with E-state index in [1.165, 1.54) is 17.3 Å². The second kappa shape index (κ2) is 10.6. The van der Waals surface area contributed by atoms with Crippen molar-refractivity contribution in [2.75, 3.05) is 64.0 Å². The van der Waals surface area contributed by atoms with Crippen molar-refractivity contribution in [1.29, 1.82) is 0 Å². The number of ether oxygens (including phenoxy) is 1. The fraction of sp³-hybridized carbons (Fsp3) is 0.571. The molecule has 0 radical (unpaired) electrons. The Bertz CT molecular complexity index is 711. The average Bonchev–Trinajstić information content (AvgIpc) is 2.79. The van der Waals surface area contributed by atoms with E-state index in [1.54, 1.807) is 14.7 Å². The molecule has 29 heavy (non-hydrogen) atoms. The summed E-state index contributed by atoms with van der Waals surface area (Å²) >= 11 is 1.36. The van der Waals surface area contributed by atoms with Gasteiger partial charge in [-0.25, -0.2) is 0 Å². The van der Waals surface area contributed by atoms with Gasteiger partial charge in [-0.05, 0) is 24.1 Å². The van der Waals surface area contributed by atoms with Gasteiger partial charge in [0.15, 0.2) is 0 Å². The van der Waals surface area contributed by atoms with Crippen LogP contribution in [0.25, 0.3) is 0 Å². The molecule has 0 N–H and O–H groups in total. The van der Waals surface area contributed by atoms with Gasteiger partial charge in [-0.2, -0.15) is 0 Å². The van der Waals surface area contributed by atoms with Crippen LogP contribution in [0.1, 0.15) is 22.8 Å². The summed E-state index contributed by atoms with van der Waals surface area (Å²) in [6, 6.07) is 7.73. The molecule has 0 spiro atoms. The summed E-state index contributed by atoms with van der Waals surface area (Å²) in [7, 11) is 0. The number of hydrogen-bond acceptors (Lipinski definition) is 5. The van der Waals surface area contributed by atoms with Crippen molar-refractivity contribution in [2.24, 2.45) is 0 Å². The Kier molecular flexibility index (Phi) is 7.94. The van der Waals surface area contributed by atoms with Crippen LogP contribution in [0.3, 0.4) is 0 Å². The number of benzene rings is 1. The molecular weight excluding hydrogens is 390 g/mol. The lowest BCUT2D eigenvalue weighted by molar-refractivity contribution is -0.132. The number of carbonyl (C=O) groups excluding carboxylic acids is 3. The van der Waals surface area contributed by atoms with Crippen molar-refractivity contribution >= 4 is 29.5 Å². The molecule has 1 aromatic rings. The van der Waals surface area contributed by atoms with Crippen LogP contribution < -0.4 is 0 Å². The number of hydrogen-bond donors (Lipinski definition) is 0. The van der Waals surface area contributed by atoms with Gasteiger partial charge in [0.2, 0.25) is 11.8 Å². The van der Waals surface area contributed by atoms with Crippen molar-refractivity contribution in [1.82, 2.24) is 14.7 Å². The number of rotatable bonds is 6. The van der Waals surface area contributed by atoms with Crippen molar-refractivity contribution < 1.29 is 19.1 Å². The van der Waals surface area contributed by atoms with E-state index in [4.69, 9.17) is 4.74 Å². The summed E-state index contributed by atoms with van der Waals surface area (Å²) in [6.45, 7) is 6.67. The normalized spacial score (nSPS) is 17.3. The summed E-state index contributed by atoms with van der Waals surface area (Å²) in [4.78, 5) is 42.6. The van der Waals surface area contributed by atoms with E-state index in [-0.39, 0.29) is 17.7 Å². The minimum Gasteiger partial charge on any atom is -0.378 e. The first kappa shape index (κ1) is 21.6. The zero-order valence-corrected chi connectivity index (χ0v) is 17.8. The van der Waals surface area contributed by atoms with Crippen LogP contribution in [-0.2, 0) is 20.7 Å². The second-order valence-electron chi connectivity index (χ2n) is 7.21. The van der Waals surface area contributed by atoms with E-state index in [1.807, 2.05) is 24.3 Å². The lowest BCUT2D eigenvalue weighted by atomic mass is 10.1. The predicted molar refractivity (Wildman–Crippen MR) is 113 cm³/mol. The summed E-state index contributed by atoms with van der Waals surface area (Å²) in [5.41, 5.74) is 1.90. The van der Waals surface area contributed by atoms with Gasteiger partial charge in [0, 0.05) is 44.8 Å². The lowest BCUT2D eigenvalue weighted by Crippen LogP contribution is -2.51. The first-order chi connectivity index (χ1) is 14.1. The molecule has 3 rings (SSSR count). The van der Waals surface area contributed by atoms with Crippen LogP contribution in [0.4, 0.5) is 0 Å². The van der Waals surface area contributed by atoms with Crippen molar-refractivity contribution in [2.45, 2.75) is 13.3 Å². The highest BCUT2D eigenvalue weighted by Gasteiger charge is 2.25. The number of morpholine rings is 1. The molecule has 3 amide bonds. The smallest absolute Gasteiger partial charge is 0.253 e. The highest BCUT2D eigenvalue weighted by atomic mass is 32.2. The van der Waals surface area contributed by atoms with Gasteiger partial charge in [0.05, 0.1) is 24.7 Å². The topological polar surface area (TPSA) is 70.2 Å². The molecule has 0 atom stereocenters. The molecule has 0 bridgehead atoms. The minimum atomic E-state index is 0.0187. The van der Waals surface area contributed by atoms with E-state index in [9.17, 15) is 14.4 Å². The second-order valence-corrected chi connectivity index (χ2v) is 8.20. The standard InChI is InChI=1S/C21H29N3O4S/c1-2-17-3-5-18(6-4-17)21(27)24-9-7-22(8-10-24)19(25)15-29-16-20(26)23-11-13-28-14-12-23/h3-6H,2,7-16H2,1H3. The largest absolute Gasteiger partial charge is 0.378 e. The van der Waals surface area contributed by atoms with Crippen LogP contribution in [0, 0.1) is 0 Å². The van der Waals surface area contributed by atoms with E-state index in [2.05, 4.69) is 6.92 Å². The Morgan fingerprint density at radius 1 is 0.828 bits per heavy atom. The molecule has 2 saturated heterocycles. The van der Waals surface area contributed by atoms with E-state index in [0.717, 1.165) is 6.42 Å². The molecule has 0 saturated carbocycles. The predicted octanol–water partition coefficient (Wildman–Crippen LogP) is 1.13. The Morgan fingerprint density at radius 2 is 1.34 bits per heavy atom. The third-order valence-electron chi connectivity index (χ3n) is 5.34. The fourth-order valence-electron chi connectivity index (χ4n) is 3.45. The molecule has 8 heteroatoms. The third kappa shape index (κ3) is 5.96. The molecule has 2 fully saturated rings. The maximum atomic E-state index is 12.6. The first-order valence-corrected chi connectivity index (χ1v) is 11.3. The molecule has 0 aliphatic carbocycles. The molecule has 2 aliphatic heterocycles. The molecule has 158 valence electrons. The quantitative estimate of drug-likeness (QED) is 0.691. The molecule has 7 nitrogen and oxygen atoms in total. The Hall–Kier alpha value is -2.06. The van der Waals surface area contributed by atoms with Gasteiger partial charge >= 0.3 is 0 Å². The molecular formula is C21H29N3O4S. The highest BCUT2D eigenvalue weighted by molar-refractivity contribution is 8.00. The molecule has 0 aromatic heterocycles. The van der Waals surface area contributed by atoms with Crippen LogP contribution in [-0.4, -0.2) is 96.4 Å².